The number of benzene rings is 1. The number of fused-ring (bicyclic) bond motifs is 1. The van der Waals surface area contributed by atoms with Crippen LogP contribution in [0.1, 0.15) is 6.23 Å². The van der Waals surface area contributed by atoms with Crippen LogP contribution in [-0.2, 0) is 13.8 Å². The van der Waals surface area contributed by atoms with Gasteiger partial charge in [0.1, 0.15) is 24.1 Å². The maximum absolute atomic E-state index is 14.2. The van der Waals surface area contributed by atoms with E-state index in [9.17, 15) is 24.0 Å². The number of phosphoric acid groups is 1. The Morgan fingerprint density at radius 3 is 2.48 bits per heavy atom. The standard InChI is InChI=1S/C14H15FNO8P/c15-9-5-16(13(19)8-4-2-1-3-7(8)9)14-12(18)11(17)10(24-14)6-23-25(20,21)22/h1-5,10-12,14,17-18H,6H2,(H2,20,21,22)/t10-,11+,12-,14-/m1/s1. The Morgan fingerprint density at radius 1 is 1.20 bits per heavy atom. The highest BCUT2D eigenvalue weighted by Gasteiger charge is 2.45. The van der Waals surface area contributed by atoms with Crippen molar-refractivity contribution in [3.8, 4) is 0 Å². The van der Waals surface area contributed by atoms with E-state index in [1.165, 1.54) is 12.1 Å². The van der Waals surface area contributed by atoms with Gasteiger partial charge in [0.25, 0.3) is 5.56 Å². The number of phosphoric ester groups is 1. The lowest BCUT2D eigenvalue weighted by molar-refractivity contribution is -0.0537. The molecular formula is C14H15FNO8P. The molecule has 0 aliphatic carbocycles. The number of rotatable bonds is 4. The maximum Gasteiger partial charge on any atom is 0.469 e. The highest BCUT2D eigenvalue weighted by Crippen LogP contribution is 2.38. The fourth-order valence-corrected chi connectivity index (χ4v) is 3.06. The second-order valence-electron chi connectivity index (χ2n) is 5.57. The molecule has 1 aromatic carbocycles. The summed E-state index contributed by atoms with van der Waals surface area (Å²) in [5.41, 5.74) is -0.648. The van der Waals surface area contributed by atoms with E-state index in [0.717, 1.165) is 10.8 Å². The van der Waals surface area contributed by atoms with Crippen molar-refractivity contribution in [2.45, 2.75) is 24.5 Å². The van der Waals surface area contributed by atoms with E-state index in [0.29, 0.717) is 0 Å². The van der Waals surface area contributed by atoms with Gasteiger partial charge in [-0.3, -0.25) is 13.9 Å². The largest absolute Gasteiger partial charge is 0.469 e. The number of ether oxygens (including phenoxy) is 1. The smallest absolute Gasteiger partial charge is 0.387 e. The monoisotopic (exact) mass is 375 g/mol. The number of aromatic nitrogens is 1. The van der Waals surface area contributed by atoms with Crippen molar-refractivity contribution < 1.29 is 38.2 Å². The summed E-state index contributed by atoms with van der Waals surface area (Å²) in [5.74, 6) is -0.726. The second kappa shape index (κ2) is 6.58. The van der Waals surface area contributed by atoms with E-state index in [4.69, 9.17) is 14.5 Å². The molecule has 0 unspecified atom stereocenters. The SMILES string of the molecule is O=c1c2ccccc2c(F)cn1[C@@H]1O[C@H](COP(=O)(O)O)[C@H](O)[C@H]1O. The van der Waals surface area contributed by atoms with E-state index in [2.05, 4.69) is 4.52 Å². The van der Waals surface area contributed by atoms with Crippen LogP contribution in [0.2, 0.25) is 0 Å². The number of aliphatic hydroxyl groups is 2. The normalized spacial score (nSPS) is 27.1. The predicted molar refractivity (Wildman–Crippen MR) is 82.1 cm³/mol. The number of hydrogen-bond donors (Lipinski definition) is 4. The zero-order valence-electron chi connectivity index (χ0n) is 12.6. The van der Waals surface area contributed by atoms with Crippen molar-refractivity contribution in [3.63, 3.8) is 0 Å². The van der Waals surface area contributed by atoms with Crippen LogP contribution in [0.3, 0.4) is 0 Å². The summed E-state index contributed by atoms with van der Waals surface area (Å²) in [6.45, 7) is -0.718. The average Bonchev–Trinajstić information content (AvgIpc) is 2.84. The molecule has 0 amide bonds. The lowest BCUT2D eigenvalue weighted by Gasteiger charge is -2.18. The first-order valence-corrected chi connectivity index (χ1v) is 8.73. The second-order valence-corrected chi connectivity index (χ2v) is 6.81. The lowest BCUT2D eigenvalue weighted by atomic mass is 10.1. The van der Waals surface area contributed by atoms with Crippen molar-refractivity contribution in [3.05, 3.63) is 46.6 Å². The summed E-state index contributed by atoms with van der Waals surface area (Å²) in [6.07, 6.45) is -5.11. The molecule has 4 N–H and O–H groups in total. The first-order chi connectivity index (χ1) is 11.7. The minimum atomic E-state index is -4.81. The van der Waals surface area contributed by atoms with Gasteiger partial charge >= 0.3 is 7.82 Å². The minimum Gasteiger partial charge on any atom is -0.387 e. The fourth-order valence-electron chi connectivity index (χ4n) is 2.72. The van der Waals surface area contributed by atoms with Crippen LogP contribution in [0.4, 0.5) is 4.39 Å². The van der Waals surface area contributed by atoms with E-state index in [1.54, 1.807) is 12.1 Å². The summed E-state index contributed by atoms with van der Waals surface area (Å²) in [7, 11) is -4.81. The van der Waals surface area contributed by atoms with Gasteiger partial charge in [0.05, 0.1) is 12.0 Å². The summed E-state index contributed by atoms with van der Waals surface area (Å²) in [4.78, 5) is 29.9. The molecule has 1 fully saturated rings. The van der Waals surface area contributed by atoms with Gasteiger partial charge in [-0.15, -0.1) is 0 Å². The molecule has 1 saturated heterocycles. The molecule has 0 radical (unpaired) electrons. The molecule has 0 saturated carbocycles. The minimum absolute atomic E-state index is 0.0581. The first-order valence-electron chi connectivity index (χ1n) is 7.20. The third kappa shape index (κ3) is 3.51. The molecule has 9 nitrogen and oxygen atoms in total. The van der Waals surface area contributed by atoms with Crippen molar-refractivity contribution in [2.24, 2.45) is 0 Å². The van der Waals surface area contributed by atoms with Gasteiger partial charge in [-0.25, -0.2) is 8.96 Å². The summed E-state index contributed by atoms with van der Waals surface area (Å²) in [5, 5.41) is 20.2. The third-order valence-electron chi connectivity index (χ3n) is 3.92. The van der Waals surface area contributed by atoms with Crippen LogP contribution in [-0.4, -0.2) is 49.5 Å². The van der Waals surface area contributed by atoms with Gasteiger partial charge in [-0.05, 0) is 6.07 Å². The van der Waals surface area contributed by atoms with E-state index < -0.39 is 50.3 Å². The molecule has 136 valence electrons. The highest BCUT2D eigenvalue weighted by atomic mass is 31.2. The van der Waals surface area contributed by atoms with E-state index in [1.807, 2.05) is 0 Å². The summed E-state index contributed by atoms with van der Waals surface area (Å²) < 4.78 is 35.3. The number of aliphatic hydroxyl groups excluding tert-OH is 2. The zero-order chi connectivity index (χ0) is 18.4. The van der Waals surface area contributed by atoms with E-state index in [-0.39, 0.29) is 10.8 Å². The Hall–Kier alpha value is -1.65. The van der Waals surface area contributed by atoms with Gasteiger partial charge in [-0.1, -0.05) is 18.2 Å². The fraction of sp³-hybridized carbons (Fsp3) is 0.357. The molecule has 2 aromatic rings. The van der Waals surface area contributed by atoms with Crippen LogP contribution in [0, 0.1) is 5.82 Å². The first kappa shape index (κ1) is 18.2. The summed E-state index contributed by atoms with van der Waals surface area (Å²) in [6, 6.07) is 5.94. The number of hydrogen-bond acceptors (Lipinski definition) is 6. The molecule has 11 heteroatoms. The molecule has 3 rings (SSSR count). The molecule has 2 heterocycles. The topological polar surface area (TPSA) is 138 Å². The van der Waals surface area contributed by atoms with Crippen LogP contribution >= 0.6 is 7.82 Å². The lowest BCUT2D eigenvalue weighted by Crippen LogP contribution is -2.35. The molecule has 0 spiro atoms. The predicted octanol–water partition coefficient (Wildman–Crippen LogP) is -0.131. The maximum atomic E-state index is 14.2. The van der Waals surface area contributed by atoms with Crippen LogP contribution in [0.15, 0.2) is 35.3 Å². The molecule has 25 heavy (non-hydrogen) atoms. The Bertz CT molecular complexity index is 896. The van der Waals surface area contributed by atoms with Gasteiger partial charge in [0.2, 0.25) is 0 Å². The van der Waals surface area contributed by atoms with Crippen molar-refractivity contribution in [2.75, 3.05) is 6.61 Å². The number of pyridine rings is 1. The van der Waals surface area contributed by atoms with Gasteiger partial charge in [-0.2, -0.15) is 0 Å². The molecule has 1 aromatic heterocycles. The number of nitrogens with zero attached hydrogens (tertiary/aromatic N) is 1. The van der Waals surface area contributed by atoms with Crippen molar-refractivity contribution in [1.82, 2.24) is 4.57 Å². The van der Waals surface area contributed by atoms with Crippen LogP contribution < -0.4 is 5.56 Å². The molecule has 0 bridgehead atoms. The Labute approximate surface area is 140 Å². The molecule has 1 aliphatic rings. The van der Waals surface area contributed by atoms with Gasteiger partial charge in [0.15, 0.2) is 6.23 Å². The van der Waals surface area contributed by atoms with Crippen LogP contribution in [0.25, 0.3) is 10.8 Å². The molecule has 1 aliphatic heterocycles. The molecule has 4 atom stereocenters. The third-order valence-corrected chi connectivity index (χ3v) is 4.41. The van der Waals surface area contributed by atoms with E-state index >= 15 is 0 Å². The highest BCUT2D eigenvalue weighted by molar-refractivity contribution is 7.46. The van der Waals surface area contributed by atoms with Gasteiger partial charge < -0.3 is 24.7 Å². The van der Waals surface area contributed by atoms with Crippen molar-refractivity contribution >= 4 is 18.6 Å². The number of halogens is 1. The average molecular weight is 375 g/mol. The van der Waals surface area contributed by atoms with Crippen LogP contribution in [0.5, 0.6) is 0 Å². The zero-order valence-corrected chi connectivity index (χ0v) is 13.5. The van der Waals surface area contributed by atoms with Crippen molar-refractivity contribution in [1.29, 1.82) is 0 Å². The Balaban J connectivity index is 1.94. The molecular weight excluding hydrogens is 360 g/mol. The quantitative estimate of drug-likeness (QED) is 0.542. The Kier molecular flexibility index (Phi) is 4.78. The summed E-state index contributed by atoms with van der Waals surface area (Å²) >= 11 is 0. The van der Waals surface area contributed by atoms with Gasteiger partial charge in [0, 0.05) is 11.6 Å². The Morgan fingerprint density at radius 2 is 1.84 bits per heavy atom.